The van der Waals surface area contributed by atoms with Gasteiger partial charge in [0.2, 0.25) is 5.91 Å². The zero-order valence-corrected chi connectivity index (χ0v) is 13.1. The van der Waals surface area contributed by atoms with Crippen LogP contribution in [0.3, 0.4) is 0 Å². The molecule has 0 aromatic heterocycles. The molecule has 0 saturated heterocycles. The lowest BCUT2D eigenvalue weighted by Gasteiger charge is -2.31. The van der Waals surface area contributed by atoms with Crippen molar-refractivity contribution >= 4 is 5.91 Å². The number of amides is 1. The summed E-state index contributed by atoms with van der Waals surface area (Å²) in [6, 6.07) is 7.92. The summed E-state index contributed by atoms with van der Waals surface area (Å²) in [5.41, 5.74) is 6.66. The lowest BCUT2D eigenvalue weighted by Crippen LogP contribution is -2.46. The Morgan fingerprint density at radius 2 is 2.00 bits per heavy atom. The number of aryl methyl sites for hydroxylation is 1. The van der Waals surface area contributed by atoms with E-state index in [1.54, 1.807) is 4.90 Å². The van der Waals surface area contributed by atoms with E-state index in [4.69, 9.17) is 10.5 Å². The second kappa shape index (κ2) is 6.94. The van der Waals surface area contributed by atoms with Gasteiger partial charge in [0, 0.05) is 13.6 Å². The maximum absolute atomic E-state index is 12.6. The zero-order chi connectivity index (χ0) is 15.3. The summed E-state index contributed by atoms with van der Waals surface area (Å²) < 4.78 is 5.76. The second-order valence-electron chi connectivity index (χ2n) is 6.03. The summed E-state index contributed by atoms with van der Waals surface area (Å²) in [5.74, 6) is 1.06. The molecule has 21 heavy (non-hydrogen) atoms. The topological polar surface area (TPSA) is 55.6 Å². The van der Waals surface area contributed by atoms with Crippen LogP contribution in [0.25, 0.3) is 0 Å². The average Bonchev–Trinajstić information content (AvgIpc) is 2.98. The van der Waals surface area contributed by atoms with Crippen LogP contribution in [0.4, 0.5) is 0 Å². The first-order chi connectivity index (χ1) is 10.1. The normalized spacial score (nSPS) is 16.7. The molecule has 1 aromatic carbocycles. The lowest BCUT2D eigenvalue weighted by molar-refractivity contribution is -0.140. The van der Waals surface area contributed by atoms with E-state index in [2.05, 4.69) is 0 Å². The predicted molar refractivity (Wildman–Crippen MR) is 84.3 cm³/mol. The van der Waals surface area contributed by atoms with Crippen molar-refractivity contribution in [3.8, 4) is 5.75 Å². The van der Waals surface area contributed by atoms with Crippen molar-refractivity contribution in [3.05, 3.63) is 29.8 Å². The van der Waals surface area contributed by atoms with Gasteiger partial charge in [0.1, 0.15) is 12.4 Å². The zero-order valence-electron chi connectivity index (χ0n) is 13.1. The quantitative estimate of drug-likeness (QED) is 0.875. The molecule has 0 spiro atoms. The van der Waals surface area contributed by atoms with Gasteiger partial charge in [-0.2, -0.15) is 0 Å². The molecule has 0 atom stereocenters. The Bertz CT molecular complexity index is 481. The Morgan fingerprint density at radius 3 is 2.62 bits per heavy atom. The SMILES string of the molecule is Cc1ccccc1OCCN(C)C(=O)C1(CN)CCCC1. The molecular formula is C17H26N2O2. The Morgan fingerprint density at radius 1 is 1.33 bits per heavy atom. The maximum atomic E-state index is 12.6. The van der Waals surface area contributed by atoms with E-state index < -0.39 is 0 Å². The van der Waals surface area contributed by atoms with Crippen LogP contribution in [0.1, 0.15) is 31.2 Å². The van der Waals surface area contributed by atoms with Crippen molar-refractivity contribution < 1.29 is 9.53 Å². The number of hydrogen-bond acceptors (Lipinski definition) is 3. The first-order valence-corrected chi connectivity index (χ1v) is 7.73. The van der Waals surface area contributed by atoms with Crippen LogP contribution in [0.15, 0.2) is 24.3 Å². The molecule has 1 aliphatic carbocycles. The highest BCUT2D eigenvalue weighted by atomic mass is 16.5. The van der Waals surface area contributed by atoms with Crippen molar-refractivity contribution in [1.29, 1.82) is 0 Å². The molecule has 0 radical (unpaired) electrons. The van der Waals surface area contributed by atoms with Gasteiger partial charge >= 0.3 is 0 Å². The van der Waals surface area contributed by atoms with E-state index in [1.807, 2.05) is 38.2 Å². The molecule has 1 aliphatic rings. The Balaban J connectivity index is 1.85. The largest absolute Gasteiger partial charge is 0.491 e. The van der Waals surface area contributed by atoms with Gasteiger partial charge in [-0.05, 0) is 31.4 Å². The third-order valence-electron chi connectivity index (χ3n) is 4.53. The van der Waals surface area contributed by atoms with Crippen LogP contribution in [-0.4, -0.2) is 37.6 Å². The summed E-state index contributed by atoms with van der Waals surface area (Å²) in [6.45, 7) is 3.57. The third-order valence-corrected chi connectivity index (χ3v) is 4.53. The molecule has 0 heterocycles. The van der Waals surface area contributed by atoms with E-state index in [0.717, 1.165) is 37.0 Å². The van der Waals surface area contributed by atoms with Gasteiger partial charge in [-0.1, -0.05) is 31.0 Å². The van der Waals surface area contributed by atoms with Crippen molar-refractivity contribution in [1.82, 2.24) is 4.90 Å². The number of ether oxygens (including phenoxy) is 1. The number of rotatable bonds is 6. The minimum absolute atomic E-state index is 0.177. The minimum Gasteiger partial charge on any atom is -0.491 e. The Kier molecular flexibility index (Phi) is 5.23. The van der Waals surface area contributed by atoms with Crippen LogP contribution in [0.5, 0.6) is 5.75 Å². The maximum Gasteiger partial charge on any atom is 0.229 e. The molecule has 2 rings (SSSR count). The van der Waals surface area contributed by atoms with Crippen molar-refractivity contribution in [2.45, 2.75) is 32.6 Å². The van der Waals surface area contributed by atoms with Gasteiger partial charge < -0.3 is 15.4 Å². The smallest absolute Gasteiger partial charge is 0.229 e. The molecule has 1 aromatic rings. The highest BCUT2D eigenvalue weighted by Gasteiger charge is 2.41. The molecule has 4 nitrogen and oxygen atoms in total. The minimum atomic E-state index is -0.322. The fourth-order valence-electron chi connectivity index (χ4n) is 3.07. The molecule has 116 valence electrons. The molecule has 2 N–H and O–H groups in total. The molecule has 1 amide bonds. The number of benzene rings is 1. The fraction of sp³-hybridized carbons (Fsp3) is 0.588. The van der Waals surface area contributed by atoms with Crippen LogP contribution in [-0.2, 0) is 4.79 Å². The monoisotopic (exact) mass is 290 g/mol. The highest BCUT2D eigenvalue weighted by molar-refractivity contribution is 5.83. The second-order valence-corrected chi connectivity index (χ2v) is 6.03. The Hall–Kier alpha value is -1.55. The van der Waals surface area contributed by atoms with Crippen molar-refractivity contribution in [2.75, 3.05) is 26.7 Å². The van der Waals surface area contributed by atoms with Gasteiger partial charge in [0.05, 0.1) is 12.0 Å². The number of carbonyl (C=O) groups excluding carboxylic acids is 1. The van der Waals surface area contributed by atoms with E-state index in [9.17, 15) is 4.79 Å². The van der Waals surface area contributed by atoms with Crippen molar-refractivity contribution in [2.24, 2.45) is 11.1 Å². The average molecular weight is 290 g/mol. The van der Waals surface area contributed by atoms with Gasteiger partial charge in [-0.25, -0.2) is 0 Å². The first-order valence-electron chi connectivity index (χ1n) is 7.73. The number of para-hydroxylation sites is 1. The van der Waals surface area contributed by atoms with Crippen LogP contribution >= 0.6 is 0 Å². The van der Waals surface area contributed by atoms with Crippen LogP contribution < -0.4 is 10.5 Å². The summed E-state index contributed by atoms with van der Waals surface area (Å²) in [7, 11) is 1.85. The first kappa shape index (κ1) is 15.8. The molecular weight excluding hydrogens is 264 g/mol. The van der Waals surface area contributed by atoms with Crippen LogP contribution in [0.2, 0.25) is 0 Å². The fourth-order valence-corrected chi connectivity index (χ4v) is 3.07. The molecule has 1 saturated carbocycles. The Labute approximate surface area is 127 Å². The van der Waals surface area contributed by atoms with E-state index in [-0.39, 0.29) is 11.3 Å². The number of nitrogens with two attached hydrogens (primary N) is 1. The molecule has 1 fully saturated rings. The summed E-state index contributed by atoms with van der Waals surface area (Å²) in [5, 5.41) is 0. The lowest BCUT2D eigenvalue weighted by atomic mass is 9.85. The third kappa shape index (κ3) is 3.56. The van der Waals surface area contributed by atoms with Gasteiger partial charge in [-0.15, -0.1) is 0 Å². The van der Waals surface area contributed by atoms with Gasteiger partial charge in [0.25, 0.3) is 0 Å². The van der Waals surface area contributed by atoms with Crippen molar-refractivity contribution in [3.63, 3.8) is 0 Å². The summed E-state index contributed by atoms with van der Waals surface area (Å²) in [6.07, 6.45) is 4.06. The number of hydrogen-bond donors (Lipinski definition) is 1. The predicted octanol–water partition coefficient (Wildman–Crippen LogP) is 2.35. The van der Waals surface area contributed by atoms with Gasteiger partial charge in [-0.3, -0.25) is 4.79 Å². The van der Waals surface area contributed by atoms with Gasteiger partial charge in [0.15, 0.2) is 0 Å². The highest BCUT2D eigenvalue weighted by Crippen LogP contribution is 2.38. The molecule has 4 heteroatoms. The van der Waals surface area contributed by atoms with Crippen LogP contribution in [0, 0.1) is 12.3 Å². The summed E-state index contributed by atoms with van der Waals surface area (Å²) in [4.78, 5) is 14.4. The molecule has 0 aliphatic heterocycles. The molecule has 0 bridgehead atoms. The molecule has 0 unspecified atom stereocenters. The van der Waals surface area contributed by atoms with E-state index in [1.165, 1.54) is 0 Å². The van der Waals surface area contributed by atoms with E-state index >= 15 is 0 Å². The van der Waals surface area contributed by atoms with E-state index in [0.29, 0.717) is 19.7 Å². The number of nitrogens with zero attached hydrogens (tertiary/aromatic N) is 1. The standard InChI is InChI=1S/C17H26N2O2/c1-14-7-3-4-8-15(14)21-12-11-19(2)16(20)17(13-18)9-5-6-10-17/h3-4,7-8H,5-6,9-13,18H2,1-2H3. The number of carbonyl (C=O) groups is 1. The number of likely N-dealkylation sites (N-methyl/N-ethyl adjacent to an activating group) is 1. The summed E-state index contributed by atoms with van der Waals surface area (Å²) >= 11 is 0.